The Kier molecular flexibility index (Phi) is 5.22. The fourth-order valence-corrected chi connectivity index (χ4v) is 2.55. The zero-order chi connectivity index (χ0) is 12.1. The first-order valence-corrected chi connectivity index (χ1v) is 6.25. The van der Waals surface area contributed by atoms with Crippen molar-refractivity contribution in [2.24, 2.45) is 5.73 Å². The Balaban J connectivity index is 2.63. The van der Waals surface area contributed by atoms with E-state index in [-0.39, 0.29) is 11.9 Å². The van der Waals surface area contributed by atoms with Crippen molar-refractivity contribution >= 4 is 5.91 Å². The van der Waals surface area contributed by atoms with Gasteiger partial charge in [0.2, 0.25) is 5.91 Å². The van der Waals surface area contributed by atoms with Crippen molar-refractivity contribution < 1.29 is 4.79 Å². The third-order valence-corrected chi connectivity index (χ3v) is 3.47. The van der Waals surface area contributed by atoms with Gasteiger partial charge < -0.3 is 10.6 Å². The molecule has 4 nitrogen and oxygen atoms in total. The summed E-state index contributed by atoms with van der Waals surface area (Å²) in [5, 5.41) is 0. The summed E-state index contributed by atoms with van der Waals surface area (Å²) in [6.07, 6.45) is 4.66. The minimum absolute atomic E-state index is 0.00755. The second-order valence-electron chi connectivity index (χ2n) is 4.87. The Morgan fingerprint density at radius 2 is 2.19 bits per heavy atom. The second-order valence-corrected chi connectivity index (χ2v) is 4.87. The number of likely N-dealkylation sites (N-methyl/N-ethyl adjacent to an activating group) is 1. The molecule has 4 heteroatoms. The molecule has 16 heavy (non-hydrogen) atoms. The number of hydrogen-bond donors (Lipinski definition) is 1. The van der Waals surface area contributed by atoms with E-state index in [4.69, 9.17) is 5.73 Å². The van der Waals surface area contributed by atoms with E-state index in [9.17, 15) is 4.79 Å². The van der Waals surface area contributed by atoms with Gasteiger partial charge in [0, 0.05) is 20.1 Å². The molecule has 1 aliphatic rings. The first-order valence-electron chi connectivity index (χ1n) is 6.25. The molecule has 94 valence electrons. The van der Waals surface area contributed by atoms with Gasteiger partial charge in [-0.15, -0.1) is 0 Å². The van der Waals surface area contributed by atoms with Gasteiger partial charge in [-0.2, -0.15) is 0 Å². The van der Waals surface area contributed by atoms with Crippen LogP contribution in [-0.2, 0) is 4.79 Å². The summed E-state index contributed by atoms with van der Waals surface area (Å²) in [6.45, 7) is 3.76. The largest absolute Gasteiger partial charge is 0.347 e. The first kappa shape index (κ1) is 13.5. The molecule has 0 aliphatic carbocycles. The van der Waals surface area contributed by atoms with E-state index in [0.717, 1.165) is 13.0 Å². The maximum absolute atomic E-state index is 11.9. The van der Waals surface area contributed by atoms with Crippen molar-refractivity contribution in [2.75, 3.05) is 27.2 Å². The van der Waals surface area contributed by atoms with E-state index in [0.29, 0.717) is 12.6 Å². The maximum atomic E-state index is 11.9. The van der Waals surface area contributed by atoms with Crippen LogP contribution in [0.4, 0.5) is 0 Å². The van der Waals surface area contributed by atoms with Gasteiger partial charge in [0.05, 0.1) is 6.04 Å². The Morgan fingerprint density at radius 1 is 1.50 bits per heavy atom. The molecular formula is C12H25N3O. The SMILES string of the molecule is CC(C(=O)N(C)C)N1CCCCC1CCN. The molecule has 0 aromatic rings. The molecule has 0 saturated carbocycles. The minimum atomic E-state index is -0.00755. The molecule has 2 unspecified atom stereocenters. The minimum Gasteiger partial charge on any atom is -0.347 e. The van der Waals surface area contributed by atoms with Crippen LogP contribution in [-0.4, -0.2) is 55.0 Å². The highest BCUT2D eigenvalue weighted by atomic mass is 16.2. The fraction of sp³-hybridized carbons (Fsp3) is 0.917. The number of piperidine rings is 1. The van der Waals surface area contributed by atoms with E-state index in [1.165, 1.54) is 19.3 Å². The number of nitrogens with zero attached hydrogens (tertiary/aromatic N) is 2. The van der Waals surface area contributed by atoms with E-state index in [1.807, 2.05) is 21.0 Å². The van der Waals surface area contributed by atoms with Gasteiger partial charge >= 0.3 is 0 Å². The van der Waals surface area contributed by atoms with Gasteiger partial charge in [0.25, 0.3) is 0 Å². The number of carbonyl (C=O) groups is 1. The molecule has 1 rings (SSSR count). The molecular weight excluding hydrogens is 202 g/mol. The van der Waals surface area contributed by atoms with E-state index < -0.39 is 0 Å². The molecule has 1 amide bonds. The molecule has 0 spiro atoms. The van der Waals surface area contributed by atoms with Crippen molar-refractivity contribution in [3.63, 3.8) is 0 Å². The smallest absolute Gasteiger partial charge is 0.239 e. The Bertz CT molecular complexity index is 228. The quantitative estimate of drug-likeness (QED) is 0.768. The average molecular weight is 227 g/mol. The van der Waals surface area contributed by atoms with Crippen molar-refractivity contribution in [2.45, 2.75) is 44.7 Å². The summed E-state index contributed by atoms with van der Waals surface area (Å²) < 4.78 is 0. The zero-order valence-corrected chi connectivity index (χ0v) is 10.8. The Labute approximate surface area is 98.8 Å². The molecule has 0 radical (unpaired) electrons. The molecule has 0 aromatic heterocycles. The van der Waals surface area contributed by atoms with Gasteiger partial charge in [0.1, 0.15) is 0 Å². The van der Waals surface area contributed by atoms with Crippen molar-refractivity contribution in [1.29, 1.82) is 0 Å². The third-order valence-electron chi connectivity index (χ3n) is 3.47. The lowest BCUT2D eigenvalue weighted by molar-refractivity contribution is -0.135. The summed E-state index contributed by atoms with van der Waals surface area (Å²) in [5.41, 5.74) is 5.64. The van der Waals surface area contributed by atoms with Crippen LogP contribution in [0.1, 0.15) is 32.6 Å². The molecule has 1 aliphatic heterocycles. The lowest BCUT2D eigenvalue weighted by Crippen LogP contribution is -2.51. The summed E-state index contributed by atoms with van der Waals surface area (Å²) in [5.74, 6) is 0.198. The normalized spacial score (nSPS) is 24.1. The average Bonchev–Trinajstić information content (AvgIpc) is 2.28. The van der Waals surface area contributed by atoms with Crippen LogP contribution < -0.4 is 5.73 Å². The maximum Gasteiger partial charge on any atom is 0.239 e. The molecule has 2 N–H and O–H groups in total. The van der Waals surface area contributed by atoms with Crippen LogP contribution in [0.2, 0.25) is 0 Å². The highest BCUT2D eigenvalue weighted by Crippen LogP contribution is 2.22. The summed E-state index contributed by atoms with van der Waals surface area (Å²) in [7, 11) is 3.64. The van der Waals surface area contributed by atoms with Gasteiger partial charge in [-0.05, 0) is 39.3 Å². The molecule has 0 aromatic carbocycles. The van der Waals surface area contributed by atoms with E-state index in [2.05, 4.69) is 4.90 Å². The van der Waals surface area contributed by atoms with Crippen LogP contribution in [0.25, 0.3) is 0 Å². The van der Waals surface area contributed by atoms with Crippen molar-refractivity contribution in [1.82, 2.24) is 9.80 Å². The first-order chi connectivity index (χ1) is 7.57. The standard InChI is InChI=1S/C12H25N3O/c1-10(12(16)14(2)3)15-9-5-4-6-11(15)7-8-13/h10-11H,4-9,13H2,1-3H3. The molecule has 1 heterocycles. The van der Waals surface area contributed by atoms with Gasteiger partial charge in [-0.1, -0.05) is 6.42 Å². The van der Waals surface area contributed by atoms with Crippen LogP contribution in [0, 0.1) is 0 Å². The number of nitrogens with two attached hydrogens (primary N) is 1. The molecule has 1 saturated heterocycles. The van der Waals surface area contributed by atoms with Crippen LogP contribution >= 0.6 is 0 Å². The molecule has 0 bridgehead atoms. The Morgan fingerprint density at radius 3 is 2.75 bits per heavy atom. The molecule has 2 atom stereocenters. The van der Waals surface area contributed by atoms with E-state index in [1.54, 1.807) is 4.90 Å². The fourth-order valence-electron chi connectivity index (χ4n) is 2.55. The lowest BCUT2D eigenvalue weighted by Gasteiger charge is -2.39. The number of carbonyl (C=O) groups excluding carboxylic acids is 1. The number of hydrogen-bond acceptors (Lipinski definition) is 3. The number of amides is 1. The third kappa shape index (κ3) is 3.19. The van der Waals surface area contributed by atoms with Gasteiger partial charge in [0.15, 0.2) is 0 Å². The van der Waals surface area contributed by atoms with Crippen LogP contribution in [0.5, 0.6) is 0 Å². The predicted octanol–water partition coefficient (Wildman–Crippen LogP) is 0.666. The predicted molar refractivity (Wildman–Crippen MR) is 66.2 cm³/mol. The molecule has 1 fully saturated rings. The monoisotopic (exact) mass is 227 g/mol. The van der Waals surface area contributed by atoms with Crippen LogP contribution in [0.3, 0.4) is 0 Å². The summed E-state index contributed by atoms with van der Waals surface area (Å²) in [4.78, 5) is 16.0. The zero-order valence-electron chi connectivity index (χ0n) is 10.8. The highest BCUT2D eigenvalue weighted by molar-refractivity contribution is 5.81. The number of likely N-dealkylation sites (tertiary alicyclic amines) is 1. The van der Waals surface area contributed by atoms with Gasteiger partial charge in [-0.25, -0.2) is 0 Å². The summed E-state index contributed by atoms with van der Waals surface area (Å²) >= 11 is 0. The Hall–Kier alpha value is -0.610. The lowest BCUT2D eigenvalue weighted by atomic mass is 9.97. The topological polar surface area (TPSA) is 49.6 Å². The van der Waals surface area contributed by atoms with Crippen molar-refractivity contribution in [3.8, 4) is 0 Å². The van der Waals surface area contributed by atoms with Crippen molar-refractivity contribution in [3.05, 3.63) is 0 Å². The van der Waals surface area contributed by atoms with Gasteiger partial charge in [-0.3, -0.25) is 9.69 Å². The van der Waals surface area contributed by atoms with E-state index >= 15 is 0 Å². The van der Waals surface area contributed by atoms with Crippen LogP contribution in [0.15, 0.2) is 0 Å². The highest BCUT2D eigenvalue weighted by Gasteiger charge is 2.30. The number of rotatable bonds is 4. The summed E-state index contributed by atoms with van der Waals surface area (Å²) in [6, 6.07) is 0.490. The second kappa shape index (κ2) is 6.21.